The number of nitrogens with zero attached hydrogens (tertiary/aromatic N) is 2. The van der Waals surface area contributed by atoms with Gasteiger partial charge in [-0.05, 0) is 44.4 Å². The molecule has 1 aliphatic rings. The lowest BCUT2D eigenvalue weighted by molar-refractivity contribution is -0.530. The Kier molecular flexibility index (Phi) is 5.18. The highest BCUT2D eigenvalue weighted by molar-refractivity contribution is 5.50. The largest absolute Gasteiger partial charge is 0.378 e. The average Bonchev–Trinajstić information content (AvgIpc) is 2.82. The molecule has 0 unspecified atom stereocenters. The number of hydrogen-bond acceptors (Lipinski definition) is 2. The molecule has 1 aromatic rings. The van der Waals surface area contributed by atoms with Gasteiger partial charge in [-0.2, -0.15) is 0 Å². The lowest BCUT2D eigenvalue weighted by atomic mass is 10.00. The summed E-state index contributed by atoms with van der Waals surface area (Å²) in [4.78, 5) is 2.36. The van der Waals surface area contributed by atoms with Gasteiger partial charge in [0.05, 0.1) is 6.61 Å². The molecule has 0 fully saturated rings. The average molecular weight is 275 g/mol. The van der Waals surface area contributed by atoms with Crippen LogP contribution in [0, 0.1) is 20.8 Å². The third-order valence-electron chi connectivity index (χ3n) is 3.93. The summed E-state index contributed by atoms with van der Waals surface area (Å²) in [5.74, 6) is 0. The maximum absolute atomic E-state index is 5.42. The molecule has 20 heavy (non-hydrogen) atoms. The van der Waals surface area contributed by atoms with E-state index >= 15 is 0 Å². The fraction of sp³-hybridized carbons (Fsp3) is 0.588. The van der Waals surface area contributed by atoms with Crippen molar-refractivity contribution in [3.8, 4) is 0 Å². The molecule has 3 nitrogen and oxygen atoms in total. The van der Waals surface area contributed by atoms with Gasteiger partial charge in [0.25, 0.3) is 0 Å². The van der Waals surface area contributed by atoms with E-state index in [1.165, 1.54) is 22.3 Å². The maximum Gasteiger partial charge on any atom is 0.234 e. The first-order valence-electron chi connectivity index (χ1n) is 7.57. The van der Waals surface area contributed by atoms with Gasteiger partial charge in [-0.25, -0.2) is 0 Å². The molecule has 1 aromatic carbocycles. The van der Waals surface area contributed by atoms with Crippen molar-refractivity contribution in [3.05, 3.63) is 34.4 Å². The Hall–Kier alpha value is -1.35. The Morgan fingerprint density at radius 3 is 2.55 bits per heavy atom. The number of aryl methyl sites for hydroxylation is 3. The van der Waals surface area contributed by atoms with Gasteiger partial charge in [-0.3, -0.25) is 9.48 Å². The van der Waals surface area contributed by atoms with Crippen LogP contribution in [0.2, 0.25) is 0 Å². The van der Waals surface area contributed by atoms with Crippen LogP contribution < -0.4 is 0 Å². The van der Waals surface area contributed by atoms with Crippen molar-refractivity contribution >= 4 is 6.34 Å². The van der Waals surface area contributed by atoms with Gasteiger partial charge in [0, 0.05) is 6.61 Å². The van der Waals surface area contributed by atoms with Crippen molar-refractivity contribution in [1.82, 2.24) is 4.90 Å². The van der Waals surface area contributed by atoms with E-state index in [-0.39, 0.29) is 0 Å². The third-order valence-corrected chi connectivity index (χ3v) is 3.93. The van der Waals surface area contributed by atoms with Gasteiger partial charge in [0.1, 0.15) is 26.2 Å². The molecule has 0 saturated heterocycles. The fourth-order valence-electron chi connectivity index (χ4n) is 2.88. The normalized spacial score (nSPS) is 14.8. The number of rotatable bonds is 6. The Labute approximate surface area is 122 Å². The monoisotopic (exact) mass is 275 g/mol. The number of ether oxygens (including phenoxy) is 1. The second kappa shape index (κ2) is 6.89. The SMILES string of the molecule is CCOCCN1C=[N+](Cc2c(C)cc(C)cc2C)CC1. The van der Waals surface area contributed by atoms with Gasteiger partial charge >= 0.3 is 0 Å². The van der Waals surface area contributed by atoms with E-state index < -0.39 is 0 Å². The standard InChI is InChI=1S/C17H27N2O/c1-5-20-9-8-18-6-7-19(13-18)12-17-15(3)10-14(2)11-16(17)4/h10-11,13H,5-9,12H2,1-4H3/q+1. The van der Waals surface area contributed by atoms with Gasteiger partial charge in [0.2, 0.25) is 6.34 Å². The Bertz CT molecular complexity index is 471. The van der Waals surface area contributed by atoms with Crippen LogP contribution in [0.15, 0.2) is 12.1 Å². The van der Waals surface area contributed by atoms with E-state index in [1.54, 1.807) is 0 Å². The van der Waals surface area contributed by atoms with E-state index in [1.807, 2.05) is 6.92 Å². The van der Waals surface area contributed by atoms with Gasteiger partial charge in [0.15, 0.2) is 0 Å². The molecule has 0 radical (unpaired) electrons. The summed E-state index contributed by atoms with van der Waals surface area (Å²) in [5, 5.41) is 0. The zero-order valence-corrected chi connectivity index (χ0v) is 13.3. The second-order valence-electron chi connectivity index (χ2n) is 5.70. The Balaban J connectivity index is 1.99. The predicted octanol–water partition coefficient (Wildman–Crippen LogP) is 2.50. The van der Waals surface area contributed by atoms with Crippen LogP contribution in [0.3, 0.4) is 0 Å². The van der Waals surface area contributed by atoms with Crippen LogP contribution in [0.1, 0.15) is 29.2 Å². The summed E-state index contributed by atoms with van der Waals surface area (Å²) in [7, 11) is 0. The van der Waals surface area contributed by atoms with Gasteiger partial charge in [-0.1, -0.05) is 17.7 Å². The van der Waals surface area contributed by atoms with Crippen LogP contribution in [0.5, 0.6) is 0 Å². The van der Waals surface area contributed by atoms with Crippen molar-refractivity contribution < 1.29 is 9.31 Å². The molecule has 0 saturated carbocycles. The molecule has 0 bridgehead atoms. The lowest BCUT2D eigenvalue weighted by Crippen LogP contribution is -2.24. The zero-order chi connectivity index (χ0) is 14.5. The second-order valence-corrected chi connectivity index (χ2v) is 5.70. The highest BCUT2D eigenvalue weighted by Crippen LogP contribution is 2.17. The molecule has 0 amide bonds. The fourth-order valence-corrected chi connectivity index (χ4v) is 2.88. The summed E-state index contributed by atoms with van der Waals surface area (Å²) < 4.78 is 7.83. The predicted molar refractivity (Wildman–Crippen MR) is 83.6 cm³/mol. The Morgan fingerprint density at radius 1 is 1.20 bits per heavy atom. The molecule has 0 aliphatic carbocycles. The summed E-state index contributed by atoms with van der Waals surface area (Å²) >= 11 is 0. The molecule has 110 valence electrons. The van der Waals surface area contributed by atoms with E-state index in [0.29, 0.717) is 0 Å². The topological polar surface area (TPSA) is 15.5 Å². The summed E-state index contributed by atoms with van der Waals surface area (Å²) in [6, 6.07) is 4.57. The molecule has 0 spiro atoms. The van der Waals surface area contributed by atoms with Crippen molar-refractivity contribution in [2.45, 2.75) is 34.2 Å². The highest BCUT2D eigenvalue weighted by atomic mass is 16.5. The quantitative estimate of drug-likeness (QED) is 0.585. The number of hydrogen-bond donors (Lipinski definition) is 0. The molecular weight excluding hydrogens is 248 g/mol. The van der Waals surface area contributed by atoms with Crippen molar-refractivity contribution in [3.63, 3.8) is 0 Å². The van der Waals surface area contributed by atoms with Crippen molar-refractivity contribution in [2.75, 3.05) is 32.8 Å². The van der Waals surface area contributed by atoms with Crippen LogP contribution in [-0.4, -0.2) is 48.7 Å². The van der Waals surface area contributed by atoms with E-state index in [2.05, 4.69) is 48.7 Å². The van der Waals surface area contributed by atoms with Crippen LogP contribution in [0.25, 0.3) is 0 Å². The van der Waals surface area contributed by atoms with Crippen molar-refractivity contribution in [2.24, 2.45) is 0 Å². The van der Waals surface area contributed by atoms with E-state index in [9.17, 15) is 0 Å². The maximum atomic E-state index is 5.42. The van der Waals surface area contributed by atoms with Crippen LogP contribution >= 0.6 is 0 Å². The molecular formula is C17H27N2O+. The molecule has 3 heteroatoms. The van der Waals surface area contributed by atoms with Crippen molar-refractivity contribution in [1.29, 1.82) is 0 Å². The molecule has 0 aromatic heterocycles. The first-order chi connectivity index (χ1) is 9.60. The lowest BCUT2D eigenvalue weighted by Gasteiger charge is -2.10. The minimum Gasteiger partial charge on any atom is -0.378 e. The summed E-state index contributed by atoms with van der Waals surface area (Å²) in [6.45, 7) is 14.5. The Morgan fingerprint density at radius 2 is 1.90 bits per heavy atom. The third kappa shape index (κ3) is 3.83. The molecule has 1 heterocycles. The highest BCUT2D eigenvalue weighted by Gasteiger charge is 2.19. The van der Waals surface area contributed by atoms with E-state index in [4.69, 9.17) is 4.74 Å². The van der Waals surface area contributed by atoms with Gasteiger partial charge in [-0.15, -0.1) is 0 Å². The molecule has 2 rings (SSSR count). The van der Waals surface area contributed by atoms with Crippen LogP contribution in [-0.2, 0) is 11.3 Å². The number of benzene rings is 1. The molecule has 0 N–H and O–H groups in total. The minimum atomic E-state index is 0.805. The smallest absolute Gasteiger partial charge is 0.234 e. The first-order valence-corrected chi connectivity index (χ1v) is 7.57. The van der Waals surface area contributed by atoms with Gasteiger partial charge < -0.3 is 4.74 Å². The zero-order valence-electron chi connectivity index (χ0n) is 13.3. The molecule has 1 aliphatic heterocycles. The molecule has 0 atom stereocenters. The summed E-state index contributed by atoms with van der Waals surface area (Å²) in [6.07, 6.45) is 2.26. The first kappa shape index (κ1) is 15.0. The van der Waals surface area contributed by atoms with Crippen LogP contribution in [0.4, 0.5) is 0 Å². The van der Waals surface area contributed by atoms with E-state index in [0.717, 1.165) is 39.4 Å². The summed E-state index contributed by atoms with van der Waals surface area (Å²) in [5.41, 5.74) is 5.64. The minimum absolute atomic E-state index is 0.805.